The fraction of sp³-hybridized carbons (Fsp3) is 0.250. The quantitative estimate of drug-likeness (QED) is 0.457. The first-order chi connectivity index (χ1) is 7.65. The van der Waals surface area contributed by atoms with Crippen molar-refractivity contribution in [3.8, 4) is 0 Å². The largest absolute Gasteiger partial charge is 0.313 e. The van der Waals surface area contributed by atoms with Gasteiger partial charge in [-0.3, -0.25) is 4.79 Å². The average Bonchev–Trinajstić information content (AvgIpc) is 2.27. The van der Waals surface area contributed by atoms with Crippen LogP contribution in [0.15, 0.2) is 30.9 Å². The van der Waals surface area contributed by atoms with Crippen molar-refractivity contribution in [2.45, 2.75) is 6.42 Å². The van der Waals surface area contributed by atoms with E-state index in [0.717, 1.165) is 18.2 Å². The Kier molecular flexibility index (Phi) is 4.79. The highest BCUT2D eigenvalue weighted by atomic mass is 19.1. The van der Waals surface area contributed by atoms with Gasteiger partial charge in [0.15, 0.2) is 5.78 Å². The number of carbonyl (C=O) groups excluding carboxylic acids is 1. The van der Waals surface area contributed by atoms with E-state index in [4.69, 9.17) is 0 Å². The van der Waals surface area contributed by atoms with Crippen LogP contribution in [0.2, 0.25) is 0 Å². The van der Waals surface area contributed by atoms with Gasteiger partial charge >= 0.3 is 0 Å². The summed E-state index contributed by atoms with van der Waals surface area (Å²) in [6.07, 6.45) is 1.79. The smallest absolute Gasteiger partial charge is 0.167 e. The number of ketones is 1. The first kappa shape index (κ1) is 12.5. The standard InChI is InChI=1S/C12H13F2NO/c1-2-6-15-7-5-12(16)10-8-9(13)3-4-11(10)14/h2-4,8,15H,1,5-7H2. The molecule has 0 unspecified atom stereocenters. The average molecular weight is 225 g/mol. The molecule has 0 aliphatic carbocycles. The third-order valence-corrected chi connectivity index (χ3v) is 2.05. The lowest BCUT2D eigenvalue weighted by Crippen LogP contribution is -2.18. The zero-order valence-electron chi connectivity index (χ0n) is 8.80. The monoisotopic (exact) mass is 225 g/mol. The second-order valence-electron chi connectivity index (χ2n) is 3.29. The third kappa shape index (κ3) is 3.55. The summed E-state index contributed by atoms with van der Waals surface area (Å²) in [5, 5.41) is 2.91. The summed E-state index contributed by atoms with van der Waals surface area (Å²) in [7, 11) is 0. The molecule has 0 aliphatic heterocycles. The molecule has 0 aromatic heterocycles. The van der Waals surface area contributed by atoms with Crippen LogP contribution in [0, 0.1) is 11.6 Å². The topological polar surface area (TPSA) is 29.1 Å². The third-order valence-electron chi connectivity index (χ3n) is 2.05. The number of carbonyl (C=O) groups is 1. The number of hydrogen-bond acceptors (Lipinski definition) is 2. The molecule has 4 heteroatoms. The number of nitrogens with one attached hydrogen (secondary N) is 1. The van der Waals surface area contributed by atoms with Crippen molar-refractivity contribution < 1.29 is 13.6 Å². The van der Waals surface area contributed by atoms with Crippen LogP contribution < -0.4 is 5.32 Å². The van der Waals surface area contributed by atoms with Crippen molar-refractivity contribution in [2.24, 2.45) is 0 Å². The highest BCUT2D eigenvalue weighted by molar-refractivity contribution is 5.96. The second kappa shape index (κ2) is 6.12. The molecule has 1 aromatic carbocycles. The molecular weight excluding hydrogens is 212 g/mol. The van der Waals surface area contributed by atoms with Gasteiger partial charge in [-0.2, -0.15) is 0 Å². The Morgan fingerprint density at radius 2 is 2.19 bits per heavy atom. The summed E-state index contributed by atoms with van der Waals surface area (Å²) in [5.74, 6) is -1.70. The molecule has 0 fully saturated rings. The van der Waals surface area contributed by atoms with Crippen LogP contribution >= 0.6 is 0 Å². The summed E-state index contributed by atoms with van der Waals surface area (Å²) >= 11 is 0. The van der Waals surface area contributed by atoms with Crippen molar-refractivity contribution in [3.63, 3.8) is 0 Å². The van der Waals surface area contributed by atoms with Gasteiger partial charge < -0.3 is 5.32 Å². The molecule has 1 aromatic rings. The van der Waals surface area contributed by atoms with Crippen molar-refractivity contribution in [3.05, 3.63) is 48.1 Å². The van der Waals surface area contributed by atoms with Crippen molar-refractivity contribution in [1.29, 1.82) is 0 Å². The minimum atomic E-state index is -0.685. The fourth-order valence-corrected chi connectivity index (χ4v) is 1.25. The Labute approximate surface area is 93.0 Å². The van der Waals surface area contributed by atoms with Gasteiger partial charge in [0.1, 0.15) is 11.6 Å². The zero-order valence-corrected chi connectivity index (χ0v) is 8.80. The lowest BCUT2D eigenvalue weighted by atomic mass is 10.1. The lowest BCUT2D eigenvalue weighted by Gasteiger charge is -2.03. The van der Waals surface area contributed by atoms with Gasteiger partial charge in [-0.25, -0.2) is 8.78 Å². The SMILES string of the molecule is C=CCNCCC(=O)c1cc(F)ccc1F. The molecule has 0 bridgehead atoms. The van der Waals surface area contributed by atoms with Crippen molar-refractivity contribution in [2.75, 3.05) is 13.1 Å². The molecule has 0 heterocycles. The van der Waals surface area contributed by atoms with E-state index in [1.54, 1.807) is 6.08 Å². The molecular formula is C12H13F2NO. The molecule has 16 heavy (non-hydrogen) atoms. The molecule has 2 nitrogen and oxygen atoms in total. The highest BCUT2D eigenvalue weighted by Gasteiger charge is 2.11. The number of Topliss-reactive ketones (excluding diaryl/α,β-unsaturated/α-hetero) is 1. The van der Waals surface area contributed by atoms with E-state index in [1.807, 2.05) is 0 Å². The molecule has 86 valence electrons. The van der Waals surface area contributed by atoms with Crippen LogP contribution in [0.25, 0.3) is 0 Å². The van der Waals surface area contributed by atoms with Crippen LogP contribution in [0.3, 0.4) is 0 Å². The molecule has 0 radical (unpaired) electrons. The van der Waals surface area contributed by atoms with E-state index in [-0.39, 0.29) is 12.0 Å². The first-order valence-electron chi connectivity index (χ1n) is 4.95. The second-order valence-corrected chi connectivity index (χ2v) is 3.29. The number of benzene rings is 1. The first-order valence-corrected chi connectivity index (χ1v) is 4.95. The Hall–Kier alpha value is -1.55. The maximum absolute atomic E-state index is 13.2. The Morgan fingerprint density at radius 3 is 2.88 bits per heavy atom. The van der Waals surface area contributed by atoms with Crippen molar-refractivity contribution in [1.82, 2.24) is 5.32 Å². The molecule has 0 aliphatic rings. The molecule has 0 spiro atoms. The van der Waals surface area contributed by atoms with Crippen LogP contribution in [0.4, 0.5) is 8.78 Å². The van der Waals surface area contributed by atoms with Gasteiger partial charge in [-0.05, 0) is 18.2 Å². The predicted octanol–water partition coefficient (Wildman–Crippen LogP) is 2.31. The zero-order chi connectivity index (χ0) is 12.0. The van der Waals surface area contributed by atoms with Gasteiger partial charge in [-0.1, -0.05) is 6.08 Å². The van der Waals surface area contributed by atoms with Crippen molar-refractivity contribution >= 4 is 5.78 Å². The van der Waals surface area contributed by atoms with Gasteiger partial charge in [0.25, 0.3) is 0 Å². The Bertz CT molecular complexity index is 391. The van der Waals surface area contributed by atoms with Gasteiger partial charge in [0.2, 0.25) is 0 Å². The van der Waals surface area contributed by atoms with Gasteiger partial charge in [0.05, 0.1) is 5.56 Å². The van der Waals surface area contributed by atoms with Gasteiger partial charge in [0, 0.05) is 19.5 Å². The van der Waals surface area contributed by atoms with E-state index in [0.29, 0.717) is 13.1 Å². The normalized spacial score (nSPS) is 10.1. The summed E-state index contributed by atoms with van der Waals surface area (Å²) < 4.78 is 26.0. The maximum atomic E-state index is 13.2. The van der Waals surface area contributed by atoms with E-state index in [9.17, 15) is 13.6 Å². The number of halogens is 2. The Morgan fingerprint density at radius 1 is 1.44 bits per heavy atom. The minimum absolute atomic E-state index is 0.133. The number of hydrogen-bond donors (Lipinski definition) is 1. The van der Waals surface area contributed by atoms with Gasteiger partial charge in [-0.15, -0.1) is 6.58 Å². The summed E-state index contributed by atoms with van der Waals surface area (Å²) in [6.45, 7) is 4.50. The molecule has 0 saturated carbocycles. The van der Waals surface area contributed by atoms with E-state index in [1.165, 1.54) is 0 Å². The van der Waals surface area contributed by atoms with Crippen LogP contribution in [0.1, 0.15) is 16.8 Å². The van der Waals surface area contributed by atoms with Crippen LogP contribution in [-0.4, -0.2) is 18.9 Å². The molecule has 0 atom stereocenters. The van der Waals surface area contributed by atoms with E-state index < -0.39 is 17.4 Å². The highest BCUT2D eigenvalue weighted by Crippen LogP contribution is 2.11. The number of rotatable bonds is 6. The molecule has 0 saturated heterocycles. The Balaban J connectivity index is 2.58. The fourth-order valence-electron chi connectivity index (χ4n) is 1.25. The van der Waals surface area contributed by atoms with E-state index >= 15 is 0 Å². The summed E-state index contributed by atoms with van der Waals surface area (Å²) in [5.41, 5.74) is -0.194. The molecule has 1 N–H and O–H groups in total. The lowest BCUT2D eigenvalue weighted by molar-refractivity contribution is 0.0978. The van der Waals surface area contributed by atoms with Crippen LogP contribution in [-0.2, 0) is 0 Å². The maximum Gasteiger partial charge on any atom is 0.167 e. The molecule has 0 amide bonds. The summed E-state index contributed by atoms with van der Waals surface area (Å²) in [6, 6.07) is 2.87. The van der Waals surface area contributed by atoms with E-state index in [2.05, 4.69) is 11.9 Å². The van der Waals surface area contributed by atoms with Crippen LogP contribution in [0.5, 0.6) is 0 Å². The predicted molar refractivity (Wildman–Crippen MR) is 58.4 cm³/mol. The summed E-state index contributed by atoms with van der Waals surface area (Å²) in [4.78, 5) is 11.5. The molecule has 1 rings (SSSR count). The minimum Gasteiger partial charge on any atom is -0.313 e.